The number of nitro benzene ring substituents is 1. The molecule has 0 unspecified atom stereocenters. The third-order valence-electron chi connectivity index (χ3n) is 2.63. The van der Waals surface area contributed by atoms with Crippen molar-refractivity contribution in [1.82, 2.24) is 0 Å². The van der Waals surface area contributed by atoms with Gasteiger partial charge in [-0.25, -0.2) is 4.79 Å². The highest BCUT2D eigenvalue weighted by Gasteiger charge is 2.15. The topological polar surface area (TPSA) is 92.5 Å². The summed E-state index contributed by atoms with van der Waals surface area (Å²) in [7, 11) is 0. The number of carbonyl (C=O) groups is 1. The molecule has 0 heterocycles. The lowest BCUT2D eigenvalue weighted by Crippen LogP contribution is -2.00. The molecule has 2 aromatic carbocycles. The highest BCUT2D eigenvalue weighted by Crippen LogP contribution is 2.31. The number of nitrogens with one attached hydrogen (secondary N) is 1. The summed E-state index contributed by atoms with van der Waals surface area (Å²) in [6.07, 6.45) is 0. The standard InChI is InChI=1S/C13H8Cl2N2O4/c14-7-1-4-11(12(5-7)17(20)21)16-8-2-3-9(13(18)19)10(15)6-8/h1-6,16H,(H,18,19). The smallest absolute Gasteiger partial charge is 0.337 e. The number of anilines is 2. The molecule has 0 aliphatic rings. The fourth-order valence-corrected chi connectivity index (χ4v) is 2.11. The molecule has 0 aliphatic carbocycles. The lowest BCUT2D eigenvalue weighted by atomic mass is 10.2. The number of hydrogen-bond donors (Lipinski definition) is 2. The van der Waals surface area contributed by atoms with E-state index >= 15 is 0 Å². The number of carboxylic acids is 1. The molecule has 0 bridgehead atoms. The van der Waals surface area contributed by atoms with E-state index in [0.717, 1.165) is 0 Å². The van der Waals surface area contributed by atoms with Crippen molar-refractivity contribution in [1.29, 1.82) is 0 Å². The van der Waals surface area contributed by atoms with Crippen molar-refractivity contribution < 1.29 is 14.8 Å². The zero-order chi connectivity index (χ0) is 15.6. The number of hydrogen-bond acceptors (Lipinski definition) is 4. The normalized spacial score (nSPS) is 10.2. The Balaban J connectivity index is 2.37. The molecule has 2 N–H and O–H groups in total. The Labute approximate surface area is 129 Å². The summed E-state index contributed by atoms with van der Waals surface area (Å²) < 4.78 is 0. The number of benzene rings is 2. The van der Waals surface area contributed by atoms with Crippen LogP contribution in [0.3, 0.4) is 0 Å². The van der Waals surface area contributed by atoms with Crippen molar-refractivity contribution in [2.45, 2.75) is 0 Å². The van der Waals surface area contributed by atoms with Crippen molar-refractivity contribution in [3.63, 3.8) is 0 Å². The quantitative estimate of drug-likeness (QED) is 0.643. The van der Waals surface area contributed by atoms with Crippen LogP contribution in [0.5, 0.6) is 0 Å². The van der Waals surface area contributed by atoms with Crippen molar-refractivity contribution in [3.05, 3.63) is 62.1 Å². The molecular weight excluding hydrogens is 319 g/mol. The van der Waals surface area contributed by atoms with Gasteiger partial charge in [-0.15, -0.1) is 0 Å². The Bertz CT molecular complexity index is 734. The van der Waals surface area contributed by atoms with Crippen LogP contribution in [-0.2, 0) is 0 Å². The Morgan fingerprint density at radius 1 is 1.19 bits per heavy atom. The minimum atomic E-state index is -1.15. The van der Waals surface area contributed by atoms with Gasteiger partial charge in [-0.3, -0.25) is 10.1 Å². The molecule has 6 nitrogen and oxygen atoms in total. The maximum absolute atomic E-state index is 11.0. The highest BCUT2D eigenvalue weighted by atomic mass is 35.5. The highest BCUT2D eigenvalue weighted by molar-refractivity contribution is 6.33. The summed E-state index contributed by atoms with van der Waals surface area (Å²) in [5.41, 5.74) is 0.410. The molecule has 0 spiro atoms. The van der Waals surface area contributed by atoms with E-state index in [-0.39, 0.29) is 27.0 Å². The minimum Gasteiger partial charge on any atom is -0.478 e. The average molecular weight is 327 g/mol. The predicted octanol–water partition coefficient (Wildman–Crippen LogP) is 4.34. The van der Waals surface area contributed by atoms with Crippen LogP contribution in [0.4, 0.5) is 17.1 Å². The second-order valence-electron chi connectivity index (χ2n) is 4.04. The summed E-state index contributed by atoms with van der Waals surface area (Å²) >= 11 is 11.6. The van der Waals surface area contributed by atoms with Crippen molar-refractivity contribution in [3.8, 4) is 0 Å². The van der Waals surface area contributed by atoms with Gasteiger partial charge in [0.1, 0.15) is 5.69 Å². The van der Waals surface area contributed by atoms with Gasteiger partial charge in [0.25, 0.3) is 5.69 Å². The summed E-state index contributed by atoms with van der Waals surface area (Å²) in [5.74, 6) is -1.15. The van der Waals surface area contributed by atoms with Gasteiger partial charge in [0.2, 0.25) is 0 Å². The molecule has 2 rings (SSSR count). The molecule has 0 aromatic heterocycles. The SMILES string of the molecule is O=C(O)c1ccc(Nc2ccc(Cl)cc2[N+](=O)[O-])cc1Cl. The molecule has 0 saturated carbocycles. The Morgan fingerprint density at radius 2 is 1.90 bits per heavy atom. The second kappa shape index (κ2) is 5.99. The molecule has 21 heavy (non-hydrogen) atoms. The van der Waals surface area contributed by atoms with Gasteiger partial charge < -0.3 is 10.4 Å². The molecule has 0 radical (unpaired) electrons. The molecule has 0 fully saturated rings. The largest absolute Gasteiger partial charge is 0.478 e. The molecule has 8 heteroatoms. The Morgan fingerprint density at radius 3 is 2.48 bits per heavy atom. The maximum atomic E-state index is 11.0. The number of aromatic carboxylic acids is 1. The van der Waals surface area contributed by atoms with E-state index in [1.54, 1.807) is 0 Å². The van der Waals surface area contributed by atoms with Gasteiger partial charge in [-0.05, 0) is 30.3 Å². The van der Waals surface area contributed by atoms with E-state index < -0.39 is 10.9 Å². The van der Waals surface area contributed by atoms with Gasteiger partial charge in [0.15, 0.2) is 0 Å². The molecule has 0 aliphatic heterocycles. The molecule has 2 aromatic rings. The first-order chi connectivity index (χ1) is 9.88. The third kappa shape index (κ3) is 3.42. The summed E-state index contributed by atoms with van der Waals surface area (Å²) in [4.78, 5) is 21.3. The van der Waals surface area contributed by atoms with Crippen molar-refractivity contribution >= 4 is 46.2 Å². The zero-order valence-electron chi connectivity index (χ0n) is 10.3. The monoisotopic (exact) mass is 326 g/mol. The first-order valence-corrected chi connectivity index (χ1v) is 6.38. The van der Waals surface area contributed by atoms with Crippen LogP contribution in [0.15, 0.2) is 36.4 Å². The van der Waals surface area contributed by atoms with E-state index in [2.05, 4.69) is 5.32 Å². The van der Waals surface area contributed by atoms with E-state index in [0.29, 0.717) is 5.69 Å². The van der Waals surface area contributed by atoms with Gasteiger partial charge in [-0.1, -0.05) is 23.2 Å². The molecule has 0 saturated heterocycles. The van der Waals surface area contributed by atoms with Crippen LogP contribution in [0, 0.1) is 10.1 Å². The number of nitrogens with zero attached hydrogens (tertiary/aromatic N) is 1. The molecule has 0 atom stereocenters. The van der Waals surface area contributed by atoms with Crippen LogP contribution in [0.2, 0.25) is 10.0 Å². The van der Waals surface area contributed by atoms with Crippen LogP contribution >= 0.6 is 23.2 Å². The van der Waals surface area contributed by atoms with E-state index in [1.165, 1.54) is 36.4 Å². The molecule has 108 valence electrons. The van der Waals surface area contributed by atoms with Crippen LogP contribution in [0.1, 0.15) is 10.4 Å². The van der Waals surface area contributed by atoms with Gasteiger partial charge in [-0.2, -0.15) is 0 Å². The first kappa shape index (κ1) is 15.1. The number of halogens is 2. The van der Waals surface area contributed by atoms with Gasteiger partial charge in [0.05, 0.1) is 15.5 Å². The molecular formula is C13H8Cl2N2O4. The summed E-state index contributed by atoms with van der Waals surface area (Å²) in [5, 5.41) is 22.9. The lowest BCUT2D eigenvalue weighted by Gasteiger charge is -2.08. The van der Waals surface area contributed by atoms with Crippen LogP contribution in [0.25, 0.3) is 0 Å². The zero-order valence-corrected chi connectivity index (χ0v) is 11.9. The van der Waals surface area contributed by atoms with Gasteiger partial charge in [0, 0.05) is 16.8 Å². The lowest BCUT2D eigenvalue weighted by molar-refractivity contribution is -0.383. The Kier molecular flexibility index (Phi) is 4.30. The van der Waals surface area contributed by atoms with Crippen LogP contribution < -0.4 is 5.32 Å². The summed E-state index contributed by atoms with van der Waals surface area (Å²) in [6.45, 7) is 0. The van der Waals surface area contributed by atoms with E-state index in [9.17, 15) is 14.9 Å². The fourth-order valence-electron chi connectivity index (χ4n) is 1.68. The fraction of sp³-hybridized carbons (Fsp3) is 0. The van der Waals surface area contributed by atoms with E-state index in [1.807, 2.05) is 0 Å². The number of rotatable bonds is 4. The van der Waals surface area contributed by atoms with E-state index in [4.69, 9.17) is 28.3 Å². The third-order valence-corrected chi connectivity index (χ3v) is 3.18. The van der Waals surface area contributed by atoms with Crippen molar-refractivity contribution in [2.24, 2.45) is 0 Å². The minimum absolute atomic E-state index is 0.0316. The number of carboxylic acid groups (broad SMARTS) is 1. The second-order valence-corrected chi connectivity index (χ2v) is 4.89. The predicted molar refractivity (Wildman–Crippen MR) is 79.8 cm³/mol. The van der Waals surface area contributed by atoms with Crippen molar-refractivity contribution in [2.75, 3.05) is 5.32 Å². The van der Waals surface area contributed by atoms with Gasteiger partial charge >= 0.3 is 5.97 Å². The first-order valence-electron chi connectivity index (χ1n) is 5.62. The average Bonchev–Trinajstić information content (AvgIpc) is 2.40. The summed E-state index contributed by atoms with van der Waals surface area (Å²) in [6, 6.07) is 8.34. The number of nitro groups is 1. The molecule has 0 amide bonds. The Hall–Kier alpha value is -2.31. The van der Waals surface area contributed by atoms with Crippen LogP contribution in [-0.4, -0.2) is 16.0 Å². The maximum Gasteiger partial charge on any atom is 0.337 e.